The Morgan fingerprint density at radius 3 is 2.69 bits per heavy atom. The third kappa shape index (κ3) is 2.04. The maximum atomic E-state index is 6.52. The van der Waals surface area contributed by atoms with E-state index in [1.54, 1.807) is 17.6 Å². The molecule has 1 nitrogen and oxygen atoms in total. The van der Waals surface area contributed by atoms with E-state index in [-0.39, 0.29) is 5.38 Å². The summed E-state index contributed by atoms with van der Waals surface area (Å²) in [6.45, 7) is 6.31. The van der Waals surface area contributed by atoms with Gasteiger partial charge in [0.1, 0.15) is 5.76 Å². The highest BCUT2D eigenvalue weighted by atomic mass is 35.5. The zero-order valence-corrected chi connectivity index (χ0v) is 11.3. The molecule has 0 N–H and O–H groups in total. The van der Waals surface area contributed by atoms with Gasteiger partial charge in [0, 0.05) is 21.7 Å². The molecule has 2 aromatic rings. The molecule has 0 fully saturated rings. The van der Waals surface area contributed by atoms with Gasteiger partial charge in [-0.3, -0.25) is 0 Å². The topological polar surface area (TPSA) is 13.1 Å². The molecule has 0 amide bonds. The summed E-state index contributed by atoms with van der Waals surface area (Å²) in [6.07, 6.45) is 2.60. The number of hydrogen-bond donors (Lipinski definition) is 0. The molecule has 0 radical (unpaired) electrons. The van der Waals surface area contributed by atoms with E-state index < -0.39 is 0 Å². The molecule has 0 aliphatic heterocycles. The molecule has 0 bridgehead atoms. The standard InChI is InChI=1S/C13H15ClOS/c1-4-12-10(5-6-15-12)13(14)11-7-8(2)16-9(11)3/h5-7,13H,4H2,1-3H3. The Hall–Kier alpha value is -0.730. The fourth-order valence-corrected chi connectivity index (χ4v) is 3.38. The lowest BCUT2D eigenvalue weighted by Crippen LogP contribution is -1.95. The van der Waals surface area contributed by atoms with Crippen LogP contribution in [-0.4, -0.2) is 0 Å². The van der Waals surface area contributed by atoms with E-state index in [1.807, 2.05) is 6.07 Å². The summed E-state index contributed by atoms with van der Waals surface area (Å²) in [7, 11) is 0. The van der Waals surface area contributed by atoms with Gasteiger partial charge in [-0.2, -0.15) is 0 Å². The summed E-state index contributed by atoms with van der Waals surface area (Å²) in [5.74, 6) is 0.989. The predicted octanol–water partition coefficient (Wildman–Crippen LogP) is 4.85. The molecule has 0 spiro atoms. The predicted molar refractivity (Wildman–Crippen MR) is 69.6 cm³/mol. The molecule has 1 unspecified atom stereocenters. The number of furan rings is 1. The normalized spacial score (nSPS) is 13.0. The highest BCUT2D eigenvalue weighted by molar-refractivity contribution is 7.12. The Morgan fingerprint density at radius 1 is 1.38 bits per heavy atom. The van der Waals surface area contributed by atoms with Crippen LogP contribution in [0.15, 0.2) is 22.8 Å². The van der Waals surface area contributed by atoms with Gasteiger partial charge in [-0.05, 0) is 31.5 Å². The number of rotatable bonds is 3. The van der Waals surface area contributed by atoms with Gasteiger partial charge < -0.3 is 4.42 Å². The van der Waals surface area contributed by atoms with E-state index in [9.17, 15) is 0 Å². The lowest BCUT2D eigenvalue weighted by molar-refractivity contribution is 0.512. The van der Waals surface area contributed by atoms with Crippen molar-refractivity contribution in [2.75, 3.05) is 0 Å². The molecule has 0 aromatic carbocycles. The summed E-state index contributed by atoms with van der Waals surface area (Å²) >= 11 is 8.32. The molecule has 16 heavy (non-hydrogen) atoms. The average Bonchev–Trinajstić information content (AvgIpc) is 2.83. The molecule has 2 aromatic heterocycles. The van der Waals surface area contributed by atoms with Crippen molar-refractivity contribution in [1.29, 1.82) is 0 Å². The van der Waals surface area contributed by atoms with Crippen LogP contribution >= 0.6 is 22.9 Å². The van der Waals surface area contributed by atoms with Gasteiger partial charge >= 0.3 is 0 Å². The molecule has 1 atom stereocenters. The van der Waals surface area contributed by atoms with Crippen molar-refractivity contribution < 1.29 is 4.42 Å². The molecule has 2 rings (SSSR count). The minimum atomic E-state index is -0.0846. The zero-order valence-electron chi connectivity index (χ0n) is 9.71. The molecule has 0 aliphatic carbocycles. The van der Waals surface area contributed by atoms with E-state index in [1.165, 1.54) is 15.3 Å². The van der Waals surface area contributed by atoms with Gasteiger partial charge in [0.15, 0.2) is 0 Å². The third-order valence-corrected chi connectivity index (χ3v) is 4.18. The number of aryl methyl sites for hydroxylation is 3. The second-order valence-corrected chi connectivity index (χ2v) is 5.78. The van der Waals surface area contributed by atoms with Crippen molar-refractivity contribution in [2.24, 2.45) is 0 Å². The molecule has 86 valence electrons. The molecule has 2 heterocycles. The second kappa shape index (κ2) is 4.64. The Bertz CT molecular complexity index is 484. The van der Waals surface area contributed by atoms with Crippen molar-refractivity contribution in [3.05, 3.63) is 45.0 Å². The van der Waals surface area contributed by atoms with Crippen molar-refractivity contribution in [1.82, 2.24) is 0 Å². The van der Waals surface area contributed by atoms with Crippen LogP contribution in [0.5, 0.6) is 0 Å². The van der Waals surface area contributed by atoms with Crippen LogP contribution in [0.4, 0.5) is 0 Å². The quantitative estimate of drug-likeness (QED) is 0.714. The van der Waals surface area contributed by atoms with Crippen LogP contribution < -0.4 is 0 Å². The Balaban J connectivity index is 2.38. The van der Waals surface area contributed by atoms with E-state index in [4.69, 9.17) is 16.0 Å². The SMILES string of the molecule is CCc1occc1C(Cl)c1cc(C)sc1C. The van der Waals surface area contributed by atoms with Crippen LogP contribution in [0.2, 0.25) is 0 Å². The third-order valence-electron chi connectivity index (χ3n) is 2.73. The fraction of sp³-hybridized carbons (Fsp3) is 0.385. The first kappa shape index (κ1) is 11.7. The molecular weight excluding hydrogens is 240 g/mol. The van der Waals surface area contributed by atoms with Crippen LogP contribution in [0.3, 0.4) is 0 Å². The van der Waals surface area contributed by atoms with Gasteiger partial charge in [-0.1, -0.05) is 6.92 Å². The van der Waals surface area contributed by atoms with Crippen molar-refractivity contribution in [3.8, 4) is 0 Å². The molecule has 0 saturated carbocycles. The Kier molecular flexibility index (Phi) is 3.41. The number of thiophene rings is 1. The van der Waals surface area contributed by atoms with E-state index >= 15 is 0 Å². The van der Waals surface area contributed by atoms with Gasteiger partial charge in [-0.25, -0.2) is 0 Å². The van der Waals surface area contributed by atoms with Crippen LogP contribution in [0, 0.1) is 13.8 Å². The number of hydrogen-bond acceptors (Lipinski definition) is 2. The van der Waals surface area contributed by atoms with Crippen LogP contribution in [-0.2, 0) is 6.42 Å². The Morgan fingerprint density at radius 2 is 2.12 bits per heavy atom. The summed E-state index contributed by atoms with van der Waals surface area (Å²) in [4.78, 5) is 2.60. The molecule has 0 saturated heterocycles. The van der Waals surface area contributed by atoms with Crippen molar-refractivity contribution in [2.45, 2.75) is 32.6 Å². The highest BCUT2D eigenvalue weighted by Crippen LogP contribution is 2.37. The summed E-state index contributed by atoms with van der Waals surface area (Å²) in [5, 5.41) is -0.0846. The largest absolute Gasteiger partial charge is 0.469 e. The smallest absolute Gasteiger partial charge is 0.108 e. The average molecular weight is 255 g/mol. The van der Waals surface area contributed by atoms with Gasteiger partial charge in [-0.15, -0.1) is 22.9 Å². The van der Waals surface area contributed by atoms with E-state index in [0.717, 1.165) is 17.7 Å². The fourth-order valence-electron chi connectivity index (χ4n) is 1.93. The summed E-state index contributed by atoms with van der Waals surface area (Å²) in [5.41, 5.74) is 2.31. The van der Waals surface area contributed by atoms with Crippen molar-refractivity contribution in [3.63, 3.8) is 0 Å². The van der Waals surface area contributed by atoms with Crippen LogP contribution in [0.25, 0.3) is 0 Å². The van der Waals surface area contributed by atoms with Crippen LogP contribution in [0.1, 0.15) is 38.9 Å². The first-order valence-electron chi connectivity index (χ1n) is 5.40. The van der Waals surface area contributed by atoms with Gasteiger partial charge in [0.2, 0.25) is 0 Å². The van der Waals surface area contributed by atoms with Gasteiger partial charge in [0.25, 0.3) is 0 Å². The second-order valence-electron chi connectivity index (χ2n) is 3.88. The monoisotopic (exact) mass is 254 g/mol. The van der Waals surface area contributed by atoms with E-state index in [0.29, 0.717) is 0 Å². The molecule has 3 heteroatoms. The minimum absolute atomic E-state index is 0.0846. The maximum Gasteiger partial charge on any atom is 0.108 e. The maximum absolute atomic E-state index is 6.52. The molecule has 0 aliphatic rings. The lowest BCUT2D eigenvalue weighted by Gasteiger charge is -2.08. The Labute approximate surface area is 105 Å². The summed E-state index contributed by atoms with van der Waals surface area (Å²) in [6, 6.07) is 4.15. The first-order chi connectivity index (χ1) is 7.63. The van der Waals surface area contributed by atoms with Crippen molar-refractivity contribution >= 4 is 22.9 Å². The number of alkyl halides is 1. The lowest BCUT2D eigenvalue weighted by atomic mass is 10.0. The molecular formula is C13H15ClOS. The highest BCUT2D eigenvalue weighted by Gasteiger charge is 2.19. The summed E-state index contributed by atoms with van der Waals surface area (Å²) < 4.78 is 5.42. The van der Waals surface area contributed by atoms with E-state index in [2.05, 4.69) is 26.8 Å². The first-order valence-corrected chi connectivity index (χ1v) is 6.66. The minimum Gasteiger partial charge on any atom is -0.469 e. The number of halogens is 1. The van der Waals surface area contributed by atoms with Gasteiger partial charge in [0.05, 0.1) is 11.6 Å². The zero-order chi connectivity index (χ0) is 11.7.